The number of aromatic nitrogens is 2. The zero-order valence-electron chi connectivity index (χ0n) is 14.9. The Hall–Kier alpha value is -3.54. The molecule has 2 aromatic carbocycles. The fourth-order valence-corrected chi connectivity index (χ4v) is 2.71. The summed E-state index contributed by atoms with van der Waals surface area (Å²) in [5, 5.41) is 5.59. The molecule has 0 aliphatic carbocycles. The standard InChI is InChI=1S/C21H20N4O2/c1-15(26)24-19(16-8-4-2-5-9-16)12-20(27)25-18-13-22-21(23-14-18)17-10-6-3-7-11-17/h2-11,13-14,19H,12H2,1H3,(H,24,26)(H,25,27). The smallest absolute Gasteiger partial charge is 0.226 e. The van der Waals surface area contributed by atoms with Gasteiger partial charge in [-0.1, -0.05) is 60.7 Å². The van der Waals surface area contributed by atoms with Gasteiger partial charge in [0.2, 0.25) is 11.8 Å². The van der Waals surface area contributed by atoms with Crippen LogP contribution < -0.4 is 10.6 Å². The highest BCUT2D eigenvalue weighted by molar-refractivity contribution is 5.91. The van der Waals surface area contributed by atoms with Gasteiger partial charge in [-0.2, -0.15) is 0 Å². The fourth-order valence-electron chi connectivity index (χ4n) is 2.71. The van der Waals surface area contributed by atoms with Gasteiger partial charge in [0.15, 0.2) is 5.82 Å². The van der Waals surface area contributed by atoms with Gasteiger partial charge in [-0.05, 0) is 5.56 Å². The number of anilines is 1. The van der Waals surface area contributed by atoms with Gasteiger partial charge in [-0.25, -0.2) is 9.97 Å². The Balaban J connectivity index is 1.66. The highest BCUT2D eigenvalue weighted by Gasteiger charge is 2.17. The quantitative estimate of drug-likeness (QED) is 0.706. The van der Waals surface area contributed by atoms with E-state index in [0.717, 1.165) is 11.1 Å². The maximum Gasteiger partial charge on any atom is 0.226 e. The summed E-state index contributed by atoms with van der Waals surface area (Å²) < 4.78 is 0. The Kier molecular flexibility index (Phi) is 5.89. The Morgan fingerprint density at radius 2 is 1.52 bits per heavy atom. The normalized spacial score (nSPS) is 11.4. The molecule has 1 heterocycles. The van der Waals surface area contributed by atoms with Crippen LogP contribution in [-0.2, 0) is 9.59 Å². The van der Waals surface area contributed by atoms with E-state index in [-0.39, 0.29) is 18.2 Å². The molecular weight excluding hydrogens is 340 g/mol. The second-order valence-electron chi connectivity index (χ2n) is 6.08. The van der Waals surface area contributed by atoms with Crippen LogP contribution in [0.5, 0.6) is 0 Å². The molecular formula is C21H20N4O2. The van der Waals surface area contributed by atoms with Gasteiger partial charge in [-0.15, -0.1) is 0 Å². The second kappa shape index (κ2) is 8.71. The van der Waals surface area contributed by atoms with Gasteiger partial charge in [0, 0.05) is 12.5 Å². The van der Waals surface area contributed by atoms with Crippen molar-refractivity contribution in [1.29, 1.82) is 0 Å². The lowest BCUT2D eigenvalue weighted by Crippen LogP contribution is -2.29. The first-order chi connectivity index (χ1) is 13.1. The number of carbonyl (C=O) groups excluding carboxylic acids is 2. The Labute approximate surface area is 157 Å². The average Bonchev–Trinajstić information content (AvgIpc) is 2.69. The monoisotopic (exact) mass is 360 g/mol. The first-order valence-corrected chi connectivity index (χ1v) is 8.61. The van der Waals surface area contributed by atoms with E-state index in [4.69, 9.17) is 0 Å². The van der Waals surface area contributed by atoms with Crippen LogP contribution >= 0.6 is 0 Å². The molecule has 0 fully saturated rings. The van der Waals surface area contributed by atoms with Crippen molar-refractivity contribution in [2.45, 2.75) is 19.4 Å². The molecule has 0 saturated carbocycles. The van der Waals surface area contributed by atoms with Crippen molar-refractivity contribution in [2.24, 2.45) is 0 Å². The van der Waals surface area contributed by atoms with Crippen molar-refractivity contribution in [3.8, 4) is 11.4 Å². The first kappa shape index (κ1) is 18.3. The summed E-state index contributed by atoms with van der Waals surface area (Å²) in [4.78, 5) is 32.5. The number of hydrogen-bond acceptors (Lipinski definition) is 4. The van der Waals surface area contributed by atoms with Crippen LogP contribution in [0.3, 0.4) is 0 Å². The predicted molar refractivity (Wildman–Crippen MR) is 104 cm³/mol. The number of benzene rings is 2. The zero-order chi connectivity index (χ0) is 19.1. The van der Waals surface area contributed by atoms with Crippen LogP contribution in [0.4, 0.5) is 5.69 Å². The van der Waals surface area contributed by atoms with Crippen LogP contribution in [0.25, 0.3) is 11.4 Å². The minimum Gasteiger partial charge on any atom is -0.349 e. The SMILES string of the molecule is CC(=O)NC(CC(=O)Nc1cnc(-c2ccccc2)nc1)c1ccccc1. The molecule has 0 bridgehead atoms. The van der Waals surface area contributed by atoms with Crippen LogP contribution in [0.15, 0.2) is 73.1 Å². The molecule has 2 amide bonds. The molecule has 0 spiro atoms. The largest absolute Gasteiger partial charge is 0.349 e. The van der Waals surface area contributed by atoms with Crippen LogP contribution in [0.1, 0.15) is 24.9 Å². The molecule has 1 aromatic heterocycles. The van der Waals surface area contributed by atoms with Gasteiger partial charge in [-0.3, -0.25) is 9.59 Å². The van der Waals surface area contributed by atoms with Crippen LogP contribution in [-0.4, -0.2) is 21.8 Å². The van der Waals surface area contributed by atoms with Crippen molar-refractivity contribution in [2.75, 3.05) is 5.32 Å². The highest BCUT2D eigenvalue weighted by Crippen LogP contribution is 2.18. The van der Waals surface area contributed by atoms with E-state index in [9.17, 15) is 9.59 Å². The summed E-state index contributed by atoms with van der Waals surface area (Å²) in [7, 11) is 0. The summed E-state index contributed by atoms with van der Waals surface area (Å²) in [6, 6.07) is 18.6. The predicted octanol–water partition coefficient (Wildman–Crippen LogP) is 3.35. The topological polar surface area (TPSA) is 84.0 Å². The third-order valence-electron chi connectivity index (χ3n) is 3.94. The summed E-state index contributed by atoms with van der Waals surface area (Å²) in [5.74, 6) is 0.176. The number of amides is 2. The minimum absolute atomic E-state index is 0.115. The molecule has 136 valence electrons. The number of nitrogens with one attached hydrogen (secondary N) is 2. The molecule has 2 N–H and O–H groups in total. The number of carbonyl (C=O) groups is 2. The van der Waals surface area contributed by atoms with Gasteiger partial charge in [0.05, 0.1) is 30.5 Å². The lowest BCUT2D eigenvalue weighted by molar-refractivity contribution is -0.120. The highest BCUT2D eigenvalue weighted by atomic mass is 16.2. The Morgan fingerprint density at radius 3 is 2.11 bits per heavy atom. The van der Waals surface area contributed by atoms with Gasteiger partial charge < -0.3 is 10.6 Å². The van der Waals surface area contributed by atoms with E-state index in [1.165, 1.54) is 6.92 Å². The molecule has 0 radical (unpaired) electrons. The molecule has 1 atom stereocenters. The van der Waals surface area contributed by atoms with E-state index in [2.05, 4.69) is 20.6 Å². The minimum atomic E-state index is -0.395. The van der Waals surface area contributed by atoms with Gasteiger partial charge in [0.1, 0.15) is 0 Å². The van der Waals surface area contributed by atoms with Crippen molar-refractivity contribution in [3.63, 3.8) is 0 Å². The molecule has 3 aromatic rings. The average molecular weight is 360 g/mol. The number of rotatable bonds is 6. The van der Waals surface area contributed by atoms with E-state index in [0.29, 0.717) is 11.5 Å². The van der Waals surface area contributed by atoms with Crippen molar-refractivity contribution >= 4 is 17.5 Å². The van der Waals surface area contributed by atoms with E-state index in [1.807, 2.05) is 60.7 Å². The van der Waals surface area contributed by atoms with Crippen LogP contribution in [0, 0.1) is 0 Å². The Morgan fingerprint density at radius 1 is 0.926 bits per heavy atom. The molecule has 0 aliphatic rings. The third kappa shape index (κ3) is 5.22. The van der Waals surface area contributed by atoms with Crippen molar-refractivity contribution in [3.05, 3.63) is 78.6 Å². The molecule has 1 unspecified atom stereocenters. The summed E-state index contributed by atoms with van der Waals surface area (Å²) in [6.07, 6.45) is 3.26. The lowest BCUT2D eigenvalue weighted by Gasteiger charge is -2.18. The molecule has 27 heavy (non-hydrogen) atoms. The van der Waals surface area contributed by atoms with Crippen molar-refractivity contribution in [1.82, 2.24) is 15.3 Å². The summed E-state index contributed by atoms with van der Waals surface area (Å²) in [5.41, 5.74) is 2.29. The number of nitrogens with zero attached hydrogens (tertiary/aromatic N) is 2. The molecule has 6 nitrogen and oxygen atoms in total. The zero-order valence-corrected chi connectivity index (χ0v) is 14.9. The van der Waals surface area contributed by atoms with E-state index < -0.39 is 6.04 Å². The van der Waals surface area contributed by atoms with Gasteiger partial charge in [0.25, 0.3) is 0 Å². The molecule has 0 aliphatic heterocycles. The third-order valence-corrected chi connectivity index (χ3v) is 3.94. The Bertz CT molecular complexity index is 896. The molecule has 3 rings (SSSR count). The van der Waals surface area contributed by atoms with E-state index in [1.54, 1.807) is 12.4 Å². The lowest BCUT2D eigenvalue weighted by atomic mass is 10.0. The summed E-state index contributed by atoms with van der Waals surface area (Å²) in [6.45, 7) is 1.43. The van der Waals surface area contributed by atoms with Crippen LogP contribution in [0.2, 0.25) is 0 Å². The maximum atomic E-state index is 12.4. The molecule has 0 saturated heterocycles. The number of hydrogen-bond donors (Lipinski definition) is 2. The van der Waals surface area contributed by atoms with E-state index >= 15 is 0 Å². The van der Waals surface area contributed by atoms with Crippen molar-refractivity contribution < 1.29 is 9.59 Å². The summed E-state index contributed by atoms with van der Waals surface area (Å²) >= 11 is 0. The maximum absolute atomic E-state index is 12.4. The fraction of sp³-hybridized carbons (Fsp3) is 0.143. The second-order valence-corrected chi connectivity index (χ2v) is 6.08. The van der Waals surface area contributed by atoms with Gasteiger partial charge >= 0.3 is 0 Å². The molecule has 6 heteroatoms. The first-order valence-electron chi connectivity index (χ1n) is 8.61.